The van der Waals surface area contributed by atoms with Crippen molar-refractivity contribution in [1.82, 2.24) is 32.2 Å². The summed E-state index contributed by atoms with van der Waals surface area (Å²) in [5, 5.41) is 7.33. The maximum Gasteiger partial charge on any atom is 0.220 e. The molecule has 0 bridgehead atoms. The lowest BCUT2D eigenvalue weighted by molar-refractivity contribution is 1.05. The van der Waals surface area contributed by atoms with Crippen LogP contribution in [0.2, 0.25) is 0 Å². The van der Waals surface area contributed by atoms with E-state index >= 15 is 0 Å². The molecule has 0 saturated carbocycles. The minimum Gasteiger partial charge on any atom is -0.295 e. The van der Waals surface area contributed by atoms with Gasteiger partial charge in [0.15, 0.2) is 0 Å². The Balaban J connectivity index is 1.04. The summed E-state index contributed by atoms with van der Waals surface area (Å²) in [6.07, 6.45) is 0. The number of hydrogen-bond acceptors (Lipinski definition) is 1. The smallest absolute Gasteiger partial charge is 0.220 e. The Morgan fingerprint density at radius 3 is 1.26 bits per heavy atom. The van der Waals surface area contributed by atoms with Crippen molar-refractivity contribution >= 4 is 93.5 Å². The van der Waals surface area contributed by atoms with E-state index in [1.54, 1.807) is 0 Å². The van der Waals surface area contributed by atoms with Crippen LogP contribution in [0.3, 0.4) is 0 Å². The molecule has 6 aromatic heterocycles. The highest BCUT2D eigenvalue weighted by atomic mass is 15.2. The first-order valence-electron chi connectivity index (χ1n) is 22.5. The van der Waals surface area contributed by atoms with Gasteiger partial charge in [-0.25, -0.2) is 4.98 Å². The summed E-state index contributed by atoms with van der Waals surface area (Å²) < 4.78 is 14.4. The van der Waals surface area contributed by atoms with Crippen molar-refractivity contribution in [2.45, 2.75) is 0 Å². The van der Waals surface area contributed by atoms with Gasteiger partial charge in [-0.05, 0) is 103 Å². The molecule has 66 heavy (non-hydrogen) atoms. The van der Waals surface area contributed by atoms with E-state index in [1.807, 2.05) is 0 Å². The minimum absolute atomic E-state index is 0.890. The Morgan fingerprint density at radius 1 is 0.258 bits per heavy atom. The lowest BCUT2D eigenvalue weighted by atomic mass is 10.1. The zero-order chi connectivity index (χ0) is 43.0. The van der Waals surface area contributed by atoms with Crippen LogP contribution in [0.25, 0.3) is 122 Å². The normalized spacial score (nSPS) is 12.2. The van der Waals surface area contributed by atoms with Crippen LogP contribution in [0.15, 0.2) is 224 Å². The number of para-hydroxylation sites is 9. The highest BCUT2D eigenvalue weighted by Gasteiger charge is 2.26. The summed E-state index contributed by atoms with van der Waals surface area (Å²) in [6, 6.07) is 81.2. The van der Waals surface area contributed by atoms with E-state index in [4.69, 9.17) is 4.98 Å². The first-order valence-corrected chi connectivity index (χ1v) is 22.5. The molecule has 0 aliphatic carbocycles. The summed E-state index contributed by atoms with van der Waals surface area (Å²) in [7, 11) is 0. The van der Waals surface area contributed by atoms with Crippen LogP contribution in [0.5, 0.6) is 0 Å². The van der Waals surface area contributed by atoms with E-state index < -0.39 is 0 Å². The Bertz CT molecular complexity index is 4460. The van der Waals surface area contributed by atoms with Crippen LogP contribution < -0.4 is 0 Å². The third-order valence-electron chi connectivity index (χ3n) is 13.8. The second-order valence-corrected chi connectivity index (χ2v) is 17.2. The maximum atomic E-state index is 5.22. The zero-order valence-corrected chi connectivity index (χ0v) is 35.5. The zero-order valence-electron chi connectivity index (χ0n) is 35.5. The van der Waals surface area contributed by atoms with E-state index in [0.29, 0.717) is 0 Å². The van der Waals surface area contributed by atoms with Gasteiger partial charge in [0.2, 0.25) is 5.78 Å². The fraction of sp³-hybridized carbons (Fsp3) is 0. The summed E-state index contributed by atoms with van der Waals surface area (Å²) >= 11 is 0. The summed E-state index contributed by atoms with van der Waals surface area (Å²) in [5.41, 5.74) is 16.7. The molecule has 0 aliphatic heterocycles. The van der Waals surface area contributed by atoms with Crippen LogP contribution in [-0.2, 0) is 0 Å². The van der Waals surface area contributed by atoms with Gasteiger partial charge in [-0.2, -0.15) is 0 Å². The van der Waals surface area contributed by atoms with Crippen molar-refractivity contribution in [1.29, 1.82) is 0 Å². The molecule has 0 unspecified atom stereocenters. The molecule has 6 heterocycles. The number of hydrogen-bond donors (Lipinski definition) is 0. The molecule has 308 valence electrons. The van der Waals surface area contributed by atoms with E-state index in [-0.39, 0.29) is 0 Å². The second kappa shape index (κ2) is 13.2. The lowest BCUT2D eigenvalue weighted by Gasteiger charge is -2.15. The van der Waals surface area contributed by atoms with Crippen molar-refractivity contribution in [2.24, 2.45) is 0 Å². The third kappa shape index (κ3) is 4.67. The SMILES string of the molecule is c1ccc(-n2c3ccccc3c3c4ccccc4n(-c4ccc5c(c4)c4c6ccccc6n(-c6cccc(-n7c8ccccc8n8c9ccccc9nc78)c6)c4n5-c4ccccc4)c32)cc1. The molecule has 7 nitrogen and oxygen atoms in total. The van der Waals surface area contributed by atoms with Crippen LogP contribution in [-0.4, -0.2) is 32.2 Å². The first-order chi connectivity index (χ1) is 32.8. The van der Waals surface area contributed by atoms with Crippen molar-refractivity contribution in [3.05, 3.63) is 224 Å². The number of benzene rings is 9. The minimum atomic E-state index is 0.890. The van der Waals surface area contributed by atoms with Gasteiger partial charge in [0.25, 0.3) is 0 Å². The molecule has 9 aromatic carbocycles. The van der Waals surface area contributed by atoms with Crippen LogP contribution in [0.1, 0.15) is 0 Å². The van der Waals surface area contributed by atoms with E-state index in [2.05, 4.69) is 252 Å². The number of rotatable bonds is 5. The van der Waals surface area contributed by atoms with E-state index in [0.717, 1.165) is 78.6 Å². The van der Waals surface area contributed by atoms with Gasteiger partial charge < -0.3 is 0 Å². The number of fused-ring (bicyclic) bond motifs is 15. The third-order valence-corrected chi connectivity index (χ3v) is 13.8. The monoisotopic (exact) mass is 843 g/mol. The standard InChI is InChI=1S/C59H37N7/c1-3-18-38(19-4-1)61-48-28-11-7-24-43(48)55-44-25-8-12-29-49(44)64(57(55)61)42-34-35-51-46(37-42)56-45-26-9-13-30-50(45)63(58(56)62(51)39-20-5-2-6-21-39)40-22-17-23-41(36-40)65-53-32-15-16-33-54(53)66-52-31-14-10-27-47(52)60-59(65)66/h1-37H. The molecule has 0 aliphatic rings. The number of imidazole rings is 2. The van der Waals surface area contributed by atoms with Crippen molar-refractivity contribution in [3.8, 4) is 28.4 Å². The van der Waals surface area contributed by atoms with Crippen molar-refractivity contribution in [3.63, 3.8) is 0 Å². The fourth-order valence-corrected chi connectivity index (χ4v) is 11.2. The molecule has 0 saturated heterocycles. The van der Waals surface area contributed by atoms with Gasteiger partial charge in [-0.1, -0.05) is 121 Å². The molecule has 0 atom stereocenters. The average Bonchev–Trinajstić information content (AvgIpc) is 4.21. The average molecular weight is 844 g/mol. The molecule has 0 amide bonds. The topological polar surface area (TPSA) is 41.9 Å². The summed E-state index contributed by atoms with van der Waals surface area (Å²) in [4.78, 5) is 5.22. The molecule has 15 aromatic rings. The van der Waals surface area contributed by atoms with Gasteiger partial charge in [0, 0.05) is 55.1 Å². The first kappa shape index (κ1) is 35.4. The molecule has 7 heteroatoms. The highest BCUT2D eigenvalue weighted by Crippen LogP contribution is 2.45. The maximum absolute atomic E-state index is 5.22. The molecule has 0 N–H and O–H groups in total. The molecular formula is C59H37N7. The summed E-state index contributed by atoms with van der Waals surface area (Å²) in [6.45, 7) is 0. The van der Waals surface area contributed by atoms with Crippen molar-refractivity contribution in [2.75, 3.05) is 0 Å². The Morgan fingerprint density at radius 2 is 0.667 bits per heavy atom. The van der Waals surface area contributed by atoms with Gasteiger partial charge >= 0.3 is 0 Å². The highest BCUT2D eigenvalue weighted by molar-refractivity contribution is 6.24. The molecule has 0 spiro atoms. The van der Waals surface area contributed by atoms with Gasteiger partial charge in [-0.15, -0.1) is 0 Å². The van der Waals surface area contributed by atoms with Crippen LogP contribution in [0.4, 0.5) is 0 Å². The molecule has 0 radical (unpaired) electrons. The molecular weight excluding hydrogens is 807 g/mol. The molecule has 0 fully saturated rings. The lowest BCUT2D eigenvalue weighted by Crippen LogP contribution is -2.03. The summed E-state index contributed by atoms with van der Waals surface area (Å²) in [5.74, 6) is 0.890. The quantitative estimate of drug-likeness (QED) is 0.170. The Hall–Kier alpha value is -9.07. The largest absolute Gasteiger partial charge is 0.295 e. The number of aromatic nitrogens is 7. The second-order valence-electron chi connectivity index (χ2n) is 17.2. The van der Waals surface area contributed by atoms with Crippen LogP contribution >= 0.6 is 0 Å². The predicted molar refractivity (Wildman–Crippen MR) is 272 cm³/mol. The Labute approximate surface area is 377 Å². The van der Waals surface area contributed by atoms with Crippen LogP contribution in [0, 0.1) is 0 Å². The molecule has 15 rings (SSSR count). The van der Waals surface area contributed by atoms with Gasteiger partial charge in [0.1, 0.15) is 11.3 Å². The fourth-order valence-electron chi connectivity index (χ4n) is 11.2. The van der Waals surface area contributed by atoms with Gasteiger partial charge in [-0.3, -0.25) is 27.2 Å². The van der Waals surface area contributed by atoms with E-state index in [1.165, 1.54) is 43.4 Å². The Kier molecular flexibility index (Phi) is 7.10. The van der Waals surface area contributed by atoms with Crippen molar-refractivity contribution < 1.29 is 0 Å². The predicted octanol–water partition coefficient (Wildman–Crippen LogP) is 14.5. The number of nitrogens with zero attached hydrogens (tertiary/aromatic N) is 7. The van der Waals surface area contributed by atoms with Gasteiger partial charge in [0.05, 0.1) is 49.8 Å². The van der Waals surface area contributed by atoms with E-state index in [9.17, 15) is 0 Å².